The van der Waals surface area contributed by atoms with Gasteiger partial charge in [0.15, 0.2) is 0 Å². The number of nitrogens with zero attached hydrogens (tertiary/aromatic N) is 3. The predicted octanol–water partition coefficient (Wildman–Crippen LogP) is 2.19. The Morgan fingerprint density at radius 2 is 2.39 bits per heavy atom. The van der Waals surface area contributed by atoms with Gasteiger partial charge in [-0.05, 0) is 37.1 Å². The Morgan fingerprint density at radius 1 is 1.48 bits per heavy atom. The summed E-state index contributed by atoms with van der Waals surface area (Å²) in [6, 6.07) is 5.86. The quantitative estimate of drug-likeness (QED) is 0.937. The largest absolute Gasteiger partial charge is 0.469 e. The molecule has 2 aromatic rings. The Morgan fingerprint density at radius 3 is 3.17 bits per heavy atom. The van der Waals surface area contributed by atoms with Crippen LogP contribution in [0.2, 0.25) is 0 Å². The summed E-state index contributed by atoms with van der Waals surface area (Å²) in [4.78, 5) is 14.7. The third-order valence-corrected chi connectivity index (χ3v) is 4.63. The van der Waals surface area contributed by atoms with E-state index in [1.165, 1.54) is 0 Å². The van der Waals surface area contributed by atoms with Gasteiger partial charge in [0, 0.05) is 37.9 Å². The van der Waals surface area contributed by atoms with Crippen molar-refractivity contribution in [2.45, 2.75) is 32.2 Å². The molecule has 0 saturated heterocycles. The highest BCUT2D eigenvalue weighted by molar-refractivity contribution is 5.83. The highest BCUT2D eigenvalue weighted by Gasteiger charge is 2.47. The number of hydrogen-bond donors (Lipinski definition) is 1. The molecule has 4 rings (SSSR count). The molecule has 2 aromatic heterocycles. The summed E-state index contributed by atoms with van der Waals surface area (Å²) in [7, 11) is 0. The number of anilines is 1. The fourth-order valence-electron chi connectivity index (χ4n) is 3.30. The average molecular weight is 312 g/mol. The van der Waals surface area contributed by atoms with Crippen molar-refractivity contribution in [2.75, 3.05) is 18.4 Å². The molecule has 120 valence electrons. The van der Waals surface area contributed by atoms with Crippen LogP contribution in [0.25, 0.3) is 0 Å². The molecule has 1 aliphatic carbocycles. The first-order valence-electron chi connectivity index (χ1n) is 8.17. The Kier molecular flexibility index (Phi) is 3.52. The fourth-order valence-corrected chi connectivity index (χ4v) is 3.30. The minimum Gasteiger partial charge on any atom is -0.469 e. The van der Waals surface area contributed by atoms with Gasteiger partial charge in [0.2, 0.25) is 5.91 Å². The number of rotatable bonds is 4. The number of carbonyl (C=O) groups excluding carboxylic acids is 1. The van der Waals surface area contributed by atoms with Crippen molar-refractivity contribution in [3.8, 4) is 0 Å². The summed E-state index contributed by atoms with van der Waals surface area (Å²) in [5.41, 5.74) is 2.11. The lowest BCUT2D eigenvalue weighted by atomic mass is 10.1. The molecule has 0 unspecified atom stereocenters. The lowest BCUT2D eigenvalue weighted by Gasteiger charge is -2.28. The van der Waals surface area contributed by atoms with Crippen LogP contribution in [0.15, 0.2) is 28.9 Å². The number of fused-ring (bicyclic) bond motifs is 1. The molecule has 0 spiro atoms. The van der Waals surface area contributed by atoms with Crippen molar-refractivity contribution in [2.24, 2.45) is 5.92 Å². The Balaban J connectivity index is 1.45. The number of amides is 1. The van der Waals surface area contributed by atoms with Crippen LogP contribution < -0.4 is 5.32 Å². The molecule has 1 fully saturated rings. The molecular weight excluding hydrogens is 292 g/mol. The van der Waals surface area contributed by atoms with Crippen LogP contribution in [0.4, 0.5) is 5.82 Å². The van der Waals surface area contributed by atoms with Crippen molar-refractivity contribution in [1.82, 2.24) is 15.1 Å². The zero-order valence-corrected chi connectivity index (χ0v) is 13.2. The summed E-state index contributed by atoms with van der Waals surface area (Å²) in [6.45, 7) is 4.19. The average Bonchev–Trinajstić information content (AvgIpc) is 3.18. The van der Waals surface area contributed by atoms with Crippen molar-refractivity contribution >= 4 is 11.7 Å². The van der Waals surface area contributed by atoms with E-state index in [-0.39, 0.29) is 17.7 Å². The second-order valence-electron chi connectivity index (χ2n) is 6.21. The molecule has 1 amide bonds. The van der Waals surface area contributed by atoms with Gasteiger partial charge in [-0.2, -0.15) is 5.10 Å². The summed E-state index contributed by atoms with van der Waals surface area (Å²) in [6.07, 6.45) is 3.35. The van der Waals surface area contributed by atoms with Gasteiger partial charge in [0.25, 0.3) is 0 Å². The Bertz CT molecular complexity index is 713. The molecule has 6 heteroatoms. The first kappa shape index (κ1) is 14.2. The van der Waals surface area contributed by atoms with Gasteiger partial charge in [-0.15, -0.1) is 5.10 Å². The maximum Gasteiger partial charge on any atom is 0.226 e. The number of carbonyl (C=O) groups is 1. The summed E-state index contributed by atoms with van der Waals surface area (Å²) in [5, 5.41) is 11.6. The third kappa shape index (κ3) is 2.69. The maximum absolute atomic E-state index is 12.7. The van der Waals surface area contributed by atoms with Crippen molar-refractivity contribution in [3.05, 3.63) is 41.5 Å². The predicted molar refractivity (Wildman–Crippen MR) is 84.9 cm³/mol. The fraction of sp³-hybridized carbons (Fsp3) is 0.471. The molecule has 1 saturated carbocycles. The number of nitrogens with one attached hydrogen (secondary N) is 1. The lowest BCUT2D eigenvalue weighted by molar-refractivity contribution is -0.133. The van der Waals surface area contributed by atoms with E-state index in [1.54, 1.807) is 6.26 Å². The van der Waals surface area contributed by atoms with Gasteiger partial charge in [0.05, 0.1) is 12.0 Å². The van der Waals surface area contributed by atoms with Crippen molar-refractivity contribution < 1.29 is 9.21 Å². The van der Waals surface area contributed by atoms with Gasteiger partial charge in [0.1, 0.15) is 11.6 Å². The first-order chi connectivity index (χ1) is 11.3. The molecule has 1 N–H and O–H groups in total. The van der Waals surface area contributed by atoms with E-state index >= 15 is 0 Å². The van der Waals surface area contributed by atoms with Crippen molar-refractivity contribution in [3.63, 3.8) is 0 Å². The van der Waals surface area contributed by atoms with Crippen LogP contribution in [0.5, 0.6) is 0 Å². The normalized spacial score (nSPS) is 22.6. The van der Waals surface area contributed by atoms with E-state index < -0.39 is 0 Å². The van der Waals surface area contributed by atoms with E-state index in [1.807, 2.05) is 30.0 Å². The van der Waals surface area contributed by atoms with E-state index in [4.69, 9.17) is 4.42 Å². The highest BCUT2D eigenvalue weighted by Crippen LogP contribution is 2.48. The molecular formula is C17H20N4O2. The molecule has 2 aliphatic rings. The van der Waals surface area contributed by atoms with Gasteiger partial charge >= 0.3 is 0 Å². The second-order valence-corrected chi connectivity index (χ2v) is 6.21. The molecule has 0 bridgehead atoms. The van der Waals surface area contributed by atoms with Gasteiger partial charge in [-0.3, -0.25) is 4.79 Å². The Hall–Kier alpha value is -2.37. The molecule has 1 aliphatic heterocycles. The van der Waals surface area contributed by atoms with E-state index in [9.17, 15) is 4.79 Å². The van der Waals surface area contributed by atoms with E-state index in [0.29, 0.717) is 6.54 Å². The molecule has 3 heterocycles. The molecule has 6 nitrogen and oxygen atoms in total. The lowest BCUT2D eigenvalue weighted by Crippen LogP contribution is -2.37. The zero-order chi connectivity index (χ0) is 15.8. The topological polar surface area (TPSA) is 71.3 Å². The molecule has 0 aromatic carbocycles. The van der Waals surface area contributed by atoms with E-state index in [0.717, 1.165) is 48.8 Å². The SMILES string of the molecule is CCNc1cc2c(nn1)CCN(C(=O)[C@@H]1C[C@H]1c1ccco1)C2. The molecule has 2 atom stereocenters. The number of aromatic nitrogens is 2. The summed E-state index contributed by atoms with van der Waals surface area (Å²) in [5.74, 6) is 2.28. The van der Waals surface area contributed by atoms with Crippen molar-refractivity contribution in [1.29, 1.82) is 0 Å². The zero-order valence-electron chi connectivity index (χ0n) is 13.2. The summed E-state index contributed by atoms with van der Waals surface area (Å²) >= 11 is 0. The number of hydrogen-bond acceptors (Lipinski definition) is 5. The van der Waals surface area contributed by atoms with Gasteiger partial charge in [-0.1, -0.05) is 0 Å². The first-order valence-corrected chi connectivity index (χ1v) is 8.17. The standard InChI is InChI=1S/C17H20N4O2/c1-2-18-16-8-11-10-21(6-5-14(11)19-20-16)17(22)13-9-12(13)15-4-3-7-23-15/h3-4,7-8,12-13H,2,5-6,9-10H2,1H3,(H,18,20)/t12-,13-/m1/s1. The second kappa shape index (κ2) is 5.68. The molecule has 0 radical (unpaired) electrons. The minimum atomic E-state index is 0.0748. The molecule has 23 heavy (non-hydrogen) atoms. The van der Waals surface area contributed by atoms with Crippen LogP contribution in [-0.2, 0) is 17.8 Å². The van der Waals surface area contributed by atoms with Crippen LogP contribution in [-0.4, -0.2) is 34.1 Å². The summed E-state index contributed by atoms with van der Waals surface area (Å²) < 4.78 is 5.43. The van der Waals surface area contributed by atoms with Gasteiger partial charge < -0.3 is 14.6 Å². The van der Waals surface area contributed by atoms with Gasteiger partial charge in [-0.25, -0.2) is 0 Å². The highest BCUT2D eigenvalue weighted by atomic mass is 16.3. The smallest absolute Gasteiger partial charge is 0.226 e. The van der Waals surface area contributed by atoms with Crippen LogP contribution in [0, 0.1) is 5.92 Å². The van der Waals surface area contributed by atoms with Crippen LogP contribution in [0.3, 0.4) is 0 Å². The third-order valence-electron chi connectivity index (χ3n) is 4.63. The minimum absolute atomic E-state index is 0.0748. The maximum atomic E-state index is 12.7. The number of furan rings is 1. The van der Waals surface area contributed by atoms with Crippen LogP contribution in [0.1, 0.15) is 36.3 Å². The monoisotopic (exact) mass is 312 g/mol. The van der Waals surface area contributed by atoms with E-state index in [2.05, 4.69) is 15.5 Å². The Labute approximate surface area is 134 Å². The van der Waals surface area contributed by atoms with Crippen LogP contribution >= 0.6 is 0 Å².